The average Bonchev–Trinajstić information content (AvgIpc) is 2.31. The highest BCUT2D eigenvalue weighted by Crippen LogP contribution is 2.25. The Balaban J connectivity index is 2.13. The van der Waals surface area contributed by atoms with Gasteiger partial charge < -0.3 is 5.32 Å². The van der Waals surface area contributed by atoms with Crippen LogP contribution in [0.25, 0.3) is 0 Å². The molecule has 16 heavy (non-hydrogen) atoms. The minimum absolute atomic E-state index is 0.500. The lowest BCUT2D eigenvalue weighted by molar-refractivity contribution is 0.685. The van der Waals surface area contributed by atoms with Crippen LogP contribution < -0.4 is 5.32 Å². The summed E-state index contributed by atoms with van der Waals surface area (Å²) in [5.41, 5.74) is 1.67. The van der Waals surface area contributed by atoms with Crippen LogP contribution in [0.4, 0.5) is 5.69 Å². The molecule has 1 saturated heterocycles. The molecule has 1 heterocycles. The van der Waals surface area contributed by atoms with Crippen molar-refractivity contribution in [3.63, 3.8) is 0 Å². The molecule has 0 amide bonds. The normalized spacial score (nSPS) is 20.1. The number of hydrogen-bond donors (Lipinski definition) is 1. The molecule has 1 unspecified atom stereocenters. The van der Waals surface area contributed by atoms with Gasteiger partial charge in [0.2, 0.25) is 0 Å². The van der Waals surface area contributed by atoms with Crippen LogP contribution in [0, 0.1) is 11.3 Å². The molecule has 0 radical (unpaired) electrons. The second-order valence-corrected chi connectivity index (χ2v) is 5.93. The van der Waals surface area contributed by atoms with Gasteiger partial charge in [0.25, 0.3) is 0 Å². The third-order valence-corrected chi connectivity index (χ3v) is 4.33. The molecule has 2 nitrogen and oxygen atoms in total. The van der Waals surface area contributed by atoms with Crippen LogP contribution in [0.15, 0.2) is 22.7 Å². The van der Waals surface area contributed by atoms with E-state index >= 15 is 0 Å². The van der Waals surface area contributed by atoms with E-state index in [0.717, 1.165) is 21.5 Å². The molecular formula is C12H13BrN2S. The standard InChI is InChI=1S/C12H13BrN2S/c13-10-4-3-9(7-14)12(6-10)15-11-2-1-5-16-8-11/h3-4,6,11,15H,1-2,5,8H2. The first-order valence-corrected chi connectivity index (χ1v) is 7.28. The number of hydrogen-bond acceptors (Lipinski definition) is 3. The molecule has 0 aromatic heterocycles. The number of anilines is 1. The molecule has 1 fully saturated rings. The first kappa shape index (κ1) is 11.8. The summed E-state index contributed by atoms with van der Waals surface area (Å²) in [6.45, 7) is 0. The lowest BCUT2D eigenvalue weighted by Gasteiger charge is -2.24. The maximum atomic E-state index is 9.03. The fourth-order valence-electron chi connectivity index (χ4n) is 1.81. The van der Waals surface area contributed by atoms with Crippen LogP contribution in [-0.4, -0.2) is 17.5 Å². The Labute approximate surface area is 109 Å². The first-order chi connectivity index (χ1) is 7.79. The summed E-state index contributed by atoms with van der Waals surface area (Å²) >= 11 is 5.42. The van der Waals surface area contributed by atoms with Crippen LogP contribution in [-0.2, 0) is 0 Å². The Morgan fingerprint density at radius 3 is 3.06 bits per heavy atom. The number of thioether (sulfide) groups is 1. The molecule has 2 rings (SSSR count). The van der Waals surface area contributed by atoms with E-state index in [1.807, 2.05) is 30.0 Å². The molecule has 1 aromatic rings. The quantitative estimate of drug-likeness (QED) is 0.905. The van der Waals surface area contributed by atoms with Crippen molar-refractivity contribution in [2.24, 2.45) is 0 Å². The van der Waals surface area contributed by atoms with E-state index in [1.54, 1.807) is 0 Å². The Morgan fingerprint density at radius 2 is 2.38 bits per heavy atom. The van der Waals surface area contributed by atoms with Crippen LogP contribution in [0.2, 0.25) is 0 Å². The molecular weight excluding hydrogens is 284 g/mol. The van der Waals surface area contributed by atoms with E-state index in [4.69, 9.17) is 5.26 Å². The summed E-state index contributed by atoms with van der Waals surface area (Å²) < 4.78 is 1.01. The van der Waals surface area contributed by atoms with Gasteiger partial charge in [0.15, 0.2) is 0 Å². The van der Waals surface area contributed by atoms with Crippen molar-refractivity contribution in [2.45, 2.75) is 18.9 Å². The van der Waals surface area contributed by atoms with Crippen molar-refractivity contribution in [3.05, 3.63) is 28.2 Å². The van der Waals surface area contributed by atoms with E-state index in [-0.39, 0.29) is 0 Å². The zero-order valence-corrected chi connectivity index (χ0v) is 11.3. The number of benzene rings is 1. The number of nitrogens with zero attached hydrogens (tertiary/aromatic N) is 1. The van der Waals surface area contributed by atoms with Crippen molar-refractivity contribution in [2.75, 3.05) is 16.8 Å². The number of rotatable bonds is 2. The fourth-order valence-corrected chi connectivity index (χ4v) is 3.24. The van der Waals surface area contributed by atoms with Crippen molar-refractivity contribution >= 4 is 33.4 Å². The molecule has 1 aromatic carbocycles. The third kappa shape index (κ3) is 2.93. The highest BCUT2D eigenvalue weighted by atomic mass is 79.9. The molecule has 1 aliphatic rings. The summed E-state index contributed by atoms with van der Waals surface area (Å²) in [5, 5.41) is 12.5. The lowest BCUT2D eigenvalue weighted by Crippen LogP contribution is -2.26. The molecule has 0 saturated carbocycles. The molecule has 84 valence electrons. The number of halogens is 1. The zero-order valence-electron chi connectivity index (χ0n) is 8.87. The molecule has 1 N–H and O–H groups in total. The van der Waals surface area contributed by atoms with E-state index in [0.29, 0.717) is 6.04 Å². The predicted octanol–water partition coefficient (Wildman–Crippen LogP) is 3.63. The molecule has 1 atom stereocenters. The van der Waals surface area contributed by atoms with Crippen LogP contribution in [0.1, 0.15) is 18.4 Å². The molecule has 4 heteroatoms. The van der Waals surface area contributed by atoms with Gasteiger partial charge in [-0.1, -0.05) is 15.9 Å². The van der Waals surface area contributed by atoms with Crippen LogP contribution in [0.5, 0.6) is 0 Å². The van der Waals surface area contributed by atoms with Crippen molar-refractivity contribution in [3.8, 4) is 6.07 Å². The summed E-state index contributed by atoms with van der Waals surface area (Å²) in [4.78, 5) is 0. The number of nitriles is 1. The van der Waals surface area contributed by atoms with E-state index in [2.05, 4.69) is 27.3 Å². The zero-order chi connectivity index (χ0) is 11.4. The van der Waals surface area contributed by atoms with Crippen molar-refractivity contribution < 1.29 is 0 Å². The Hall–Kier alpha value is -0.660. The SMILES string of the molecule is N#Cc1ccc(Br)cc1NC1CCCSC1. The minimum atomic E-state index is 0.500. The van der Waals surface area contributed by atoms with Gasteiger partial charge in [-0.2, -0.15) is 17.0 Å². The summed E-state index contributed by atoms with van der Waals surface area (Å²) in [5.74, 6) is 2.40. The monoisotopic (exact) mass is 296 g/mol. The fraction of sp³-hybridized carbons (Fsp3) is 0.417. The first-order valence-electron chi connectivity index (χ1n) is 5.33. The largest absolute Gasteiger partial charge is 0.380 e. The maximum Gasteiger partial charge on any atom is 0.101 e. The van der Waals surface area contributed by atoms with E-state index in [1.165, 1.54) is 18.6 Å². The van der Waals surface area contributed by atoms with E-state index in [9.17, 15) is 0 Å². The van der Waals surface area contributed by atoms with Crippen LogP contribution >= 0.6 is 27.7 Å². The van der Waals surface area contributed by atoms with Gasteiger partial charge >= 0.3 is 0 Å². The van der Waals surface area contributed by atoms with Gasteiger partial charge in [0, 0.05) is 16.3 Å². The Bertz CT molecular complexity index is 408. The van der Waals surface area contributed by atoms with Crippen LogP contribution in [0.3, 0.4) is 0 Å². The smallest absolute Gasteiger partial charge is 0.101 e. The predicted molar refractivity (Wildman–Crippen MR) is 72.8 cm³/mol. The number of nitrogens with one attached hydrogen (secondary N) is 1. The topological polar surface area (TPSA) is 35.8 Å². The molecule has 0 spiro atoms. The summed E-state index contributed by atoms with van der Waals surface area (Å²) in [6.07, 6.45) is 2.46. The lowest BCUT2D eigenvalue weighted by atomic mass is 10.1. The second kappa shape index (κ2) is 5.60. The van der Waals surface area contributed by atoms with Gasteiger partial charge in [0.1, 0.15) is 6.07 Å². The maximum absolute atomic E-state index is 9.03. The molecule has 0 bridgehead atoms. The highest BCUT2D eigenvalue weighted by molar-refractivity contribution is 9.10. The highest BCUT2D eigenvalue weighted by Gasteiger charge is 2.14. The van der Waals surface area contributed by atoms with Gasteiger partial charge in [-0.3, -0.25) is 0 Å². The van der Waals surface area contributed by atoms with Gasteiger partial charge in [-0.15, -0.1) is 0 Å². The van der Waals surface area contributed by atoms with Gasteiger partial charge in [-0.05, 0) is 36.8 Å². The average molecular weight is 297 g/mol. The van der Waals surface area contributed by atoms with Gasteiger partial charge in [-0.25, -0.2) is 0 Å². The van der Waals surface area contributed by atoms with Crippen molar-refractivity contribution in [1.29, 1.82) is 5.26 Å². The Kier molecular flexibility index (Phi) is 4.14. The van der Waals surface area contributed by atoms with Crippen molar-refractivity contribution in [1.82, 2.24) is 0 Å². The third-order valence-electron chi connectivity index (χ3n) is 2.62. The minimum Gasteiger partial charge on any atom is -0.380 e. The second-order valence-electron chi connectivity index (χ2n) is 3.86. The van der Waals surface area contributed by atoms with Gasteiger partial charge in [0.05, 0.1) is 11.3 Å². The summed E-state index contributed by atoms with van der Waals surface area (Å²) in [7, 11) is 0. The molecule has 1 aliphatic heterocycles. The van der Waals surface area contributed by atoms with E-state index < -0.39 is 0 Å². The Morgan fingerprint density at radius 1 is 1.50 bits per heavy atom. The molecule has 0 aliphatic carbocycles. The summed E-state index contributed by atoms with van der Waals surface area (Å²) in [6, 6.07) is 8.46.